The summed E-state index contributed by atoms with van der Waals surface area (Å²) in [4.78, 5) is 26.6. The first-order valence-corrected chi connectivity index (χ1v) is 9.34. The van der Waals surface area contributed by atoms with Crippen LogP contribution in [0.3, 0.4) is 0 Å². The maximum atomic E-state index is 12.9. The minimum Gasteiger partial charge on any atom is -0.484 e. The molecule has 0 aliphatic carbocycles. The first-order valence-electron chi connectivity index (χ1n) is 8.59. The molecular weight excluding hydrogens is 387 g/mol. The van der Waals surface area contributed by atoms with Crippen molar-refractivity contribution >= 4 is 35.0 Å². The van der Waals surface area contributed by atoms with Crippen LogP contribution in [0.15, 0.2) is 48.5 Å². The number of hydrogen-bond donors (Lipinski definition) is 1. The van der Waals surface area contributed by atoms with E-state index in [1.807, 2.05) is 25.1 Å². The standard InChI is InChI=1S/C20H22Cl2N2O3/c1-3-18(20(26)23-2)24(12-14-9-10-16(21)17(22)11-14)19(25)13-27-15-7-5-4-6-8-15/h4-11,18H,3,12-13H2,1-2H3,(H,23,26). The summed E-state index contributed by atoms with van der Waals surface area (Å²) < 4.78 is 5.57. The summed E-state index contributed by atoms with van der Waals surface area (Å²) in [5.74, 6) is 0.0688. The highest BCUT2D eigenvalue weighted by Gasteiger charge is 2.28. The molecule has 1 unspecified atom stereocenters. The highest BCUT2D eigenvalue weighted by Crippen LogP contribution is 2.24. The fourth-order valence-corrected chi connectivity index (χ4v) is 2.99. The second-order valence-corrected chi connectivity index (χ2v) is 6.72. The van der Waals surface area contributed by atoms with Crippen molar-refractivity contribution in [2.45, 2.75) is 25.9 Å². The van der Waals surface area contributed by atoms with E-state index in [9.17, 15) is 9.59 Å². The van der Waals surface area contributed by atoms with Gasteiger partial charge in [-0.05, 0) is 36.2 Å². The molecule has 1 N–H and O–H groups in total. The lowest BCUT2D eigenvalue weighted by atomic mass is 10.1. The average Bonchev–Trinajstić information content (AvgIpc) is 2.69. The molecule has 0 saturated carbocycles. The van der Waals surface area contributed by atoms with Crippen LogP contribution in [0.2, 0.25) is 10.0 Å². The molecule has 2 aromatic carbocycles. The number of ether oxygens (including phenoxy) is 1. The van der Waals surface area contributed by atoms with Crippen molar-refractivity contribution in [2.75, 3.05) is 13.7 Å². The molecule has 5 nitrogen and oxygen atoms in total. The number of para-hydroxylation sites is 1. The Balaban J connectivity index is 2.20. The molecule has 0 heterocycles. The van der Waals surface area contributed by atoms with Crippen molar-refractivity contribution in [3.63, 3.8) is 0 Å². The van der Waals surface area contributed by atoms with E-state index in [-0.39, 0.29) is 25.0 Å². The summed E-state index contributed by atoms with van der Waals surface area (Å²) in [5.41, 5.74) is 0.778. The minimum absolute atomic E-state index is 0.168. The summed E-state index contributed by atoms with van der Waals surface area (Å²) in [6, 6.07) is 13.6. The predicted molar refractivity (Wildman–Crippen MR) is 107 cm³/mol. The van der Waals surface area contributed by atoms with Gasteiger partial charge in [-0.3, -0.25) is 9.59 Å². The number of amides is 2. The largest absolute Gasteiger partial charge is 0.484 e. The van der Waals surface area contributed by atoms with Crippen LogP contribution in [-0.4, -0.2) is 36.4 Å². The zero-order valence-electron chi connectivity index (χ0n) is 15.2. The smallest absolute Gasteiger partial charge is 0.261 e. The molecule has 0 aliphatic heterocycles. The average molecular weight is 409 g/mol. The molecule has 2 amide bonds. The molecule has 0 aromatic heterocycles. The fraction of sp³-hybridized carbons (Fsp3) is 0.300. The van der Waals surface area contributed by atoms with Crippen LogP contribution >= 0.6 is 23.2 Å². The first-order chi connectivity index (χ1) is 13.0. The Morgan fingerprint density at radius 1 is 1.11 bits per heavy atom. The van der Waals surface area contributed by atoms with E-state index < -0.39 is 6.04 Å². The van der Waals surface area contributed by atoms with E-state index in [4.69, 9.17) is 27.9 Å². The van der Waals surface area contributed by atoms with Gasteiger partial charge in [0.1, 0.15) is 11.8 Å². The van der Waals surface area contributed by atoms with Crippen molar-refractivity contribution in [2.24, 2.45) is 0 Å². The summed E-state index contributed by atoms with van der Waals surface area (Å²) in [7, 11) is 1.55. The zero-order valence-corrected chi connectivity index (χ0v) is 16.8. The molecule has 0 saturated heterocycles. The first kappa shape index (κ1) is 21.1. The van der Waals surface area contributed by atoms with Gasteiger partial charge >= 0.3 is 0 Å². The van der Waals surface area contributed by atoms with Crippen molar-refractivity contribution in [1.29, 1.82) is 0 Å². The second kappa shape index (κ2) is 10.2. The quantitative estimate of drug-likeness (QED) is 0.719. The van der Waals surface area contributed by atoms with Gasteiger partial charge in [0.15, 0.2) is 6.61 Å². The monoisotopic (exact) mass is 408 g/mol. The highest BCUT2D eigenvalue weighted by molar-refractivity contribution is 6.42. The second-order valence-electron chi connectivity index (χ2n) is 5.91. The molecule has 0 spiro atoms. The number of nitrogens with one attached hydrogen (secondary N) is 1. The molecule has 1 atom stereocenters. The third-order valence-electron chi connectivity index (χ3n) is 4.07. The summed E-state index contributed by atoms with van der Waals surface area (Å²) >= 11 is 12.0. The number of rotatable bonds is 8. The summed E-state index contributed by atoms with van der Waals surface area (Å²) in [6.07, 6.45) is 0.470. The Bertz CT molecular complexity index is 784. The zero-order chi connectivity index (χ0) is 19.8. The van der Waals surface area contributed by atoms with Crippen molar-refractivity contribution in [3.8, 4) is 5.75 Å². The van der Waals surface area contributed by atoms with E-state index >= 15 is 0 Å². The molecule has 144 valence electrons. The number of nitrogens with zero attached hydrogens (tertiary/aromatic N) is 1. The minimum atomic E-state index is -0.615. The third-order valence-corrected chi connectivity index (χ3v) is 4.81. The van der Waals surface area contributed by atoms with E-state index in [2.05, 4.69) is 5.32 Å². The summed E-state index contributed by atoms with van der Waals surface area (Å²) in [6.45, 7) is 1.91. The molecule has 2 rings (SSSR count). The van der Waals surface area contributed by atoms with Crippen LogP contribution in [0, 0.1) is 0 Å². The van der Waals surface area contributed by atoms with Crippen LogP contribution in [0.5, 0.6) is 5.75 Å². The van der Waals surface area contributed by atoms with Gasteiger partial charge in [-0.1, -0.05) is 54.4 Å². The van der Waals surface area contributed by atoms with Crippen LogP contribution in [0.1, 0.15) is 18.9 Å². The lowest BCUT2D eigenvalue weighted by Gasteiger charge is -2.30. The molecule has 7 heteroatoms. The van der Waals surface area contributed by atoms with E-state index in [0.29, 0.717) is 22.2 Å². The Hall–Kier alpha value is -2.24. The molecule has 0 radical (unpaired) electrons. The predicted octanol–water partition coefficient (Wildman–Crippen LogP) is 3.93. The number of carbonyl (C=O) groups is 2. The van der Waals surface area contributed by atoms with Crippen molar-refractivity contribution in [3.05, 3.63) is 64.1 Å². The van der Waals surface area contributed by atoms with Gasteiger partial charge in [0.25, 0.3) is 5.91 Å². The van der Waals surface area contributed by atoms with Crippen LogP contribution in [0.25, 0.3) is 0 Å². The molecular formula is C20H22Cl2N2O3. The van der Waals surface area contributed by atoms with Crippen molar-refractivity contribution < 1.29 is 14.3 Å². The number of carbonyl (C=O) groups excluding carboxylic acids is 2. The lowest BCUT2D eigenvalue weighted by Crippen LogP contribution is -2.49. The van der Waals surface area contributed by atoms with Gasteiger partial charge in [0.05, 0.1) is 10.0 Å². The van der Waals surface area contributed by atoms with Crippen LogP contribution < -0.4 is 10.1 Å². The fourth-order valence-electron chi connectivity index (χ4n) is 2.67. The maximum Gasteiger partial charge on any atom is 0.261 e. The highest BCUT2D eigenvalue weighted by atomic mass is 35.5. The van der Waals surface area contributed by atoms with Gasteiger partial charge in [-0.15, -0.1) is 0 Å². The normalized spacial score (nSPS) is 11.6. The molecule has 0 bridgehead atoms. The number of likely N-dealkylation sites (N-methyl/N-ethyl adjacent to an activating group) is 1. The third kappa shape index (κ3) is 5.88. The molecule has 0 aliphatic rings. The maximum absolute atomic E-state index is 12.9. The molecule has 27 heavy (non-hydrogen) atoms. The number of halogens is 2. The Morgan fingerprint density at radius 3 is 2.41 bits per heavy atom. The van der Waals surface area contributed by atoms with Gasteiger partial charge in [0.2, 0.25) is 5.91 Å². The van der Waals surface area contributed by atoms with Gasteiger partial charge in [-0.2, -0.15) is 0 Å². The Morgan fingerprint density at radius 2 is 1.81 bits per heavy atom. The van der Waals surface area contributed by atoms with E-state index in [1.165, 1.54) is 4.90 Å². The van der Waals surface area contributed by atoms with Gasteiger partial charge in [0, 0.05) is 13.6 Å². The SMILES string of the molecule is CCC(C(=O)NC)N(Cc1ccc(Cl)c(Cl)c1)C(=O)COc1ccccc1. The number of benzene rings is 2. The lowest BCUT2D eigenvalue weighted by molar-refractivity contribution is -0.142. The van der Waals surface area contributed by atoms with Crippen molar-refractivity contribution in [1.82, 2.24) is 10.2 Å². The molecule has 0 fully saturated rings. The van der Waals surface area contributed by atoms with E-state index in [1.54, 1.807) is 37.4 Å². The Labute approximate surface area is 169 Å². The van der Waals surface area contributed by atoms with Crippen LogP contribution in [-0.2, 0) is 16.1 Å². The number of hydrogen-bond acceptors (Lipinski definition) is 3. The van der Waals surface area contributed by atoms with Gasteiger partial charge < -0.3 is 15.0 Å². The Kier molecular flexibility index (Phi) is 7.95. The summed E-state index contributed by atoms with van der Waals surface area (Å²) in [5, 5.41) is 3.44. The van der Waals surface area contributed by atoms with Gasteiger partial charge in [-0.25, -0.2) is 0 Å². The molecule has 2 aromatic rings. The van der Waals surface area contributed by atoms with E-state index in [0.717, 1.165) is 5.56 Å². The topological polar surface area (TPSA) is 58.6 Å². The van der Waals surface area contributed by atoms with Crippen LogP contribution in [0.4, 0.5) is 0 Å².